The van der Waals surface area contributed by atoms with Crippen LogP contribution in [0.4, 0.5) is 0 Å². The Balaban J connectivity index is 1.43. The minimum atomic E-state index is -0.0694. The van der Waals surface area contributed by atoms with Gasteiger partial charge in [0.1, 0.15) is 0 Å². The van der Waals surface area contributed by atoms with Crippen LogP contribution in [0.25, 0.3) is 0 Å². The molecule has 2 aliphatic carbocycles. The first-order chi connectivity index (χ1) is 9.13. The normalized spacial score (nSPS) is 24.9. The van der Waals surface area contributed by atoms with Gasteiger partial charge in [-0.1, -0.05) is 0 Å². The van der Waals surface area contributed by atoms with Crippen molar-refractivity contribution in [1.29, 1.82) is 0 Å². The van der Waals surface area contributed by atoms with E-state index in [4.69, 9.17) is 0 Å². The summed E-state index contributed by atoms with van der Waals surface area (Å²) in [6.45, 7) is 2.19. The molecule has 4 nitrogen and oxygen atoms in total. The summed E-state index contributed by atoms with van der Waals surface area (Å²) >= 11 is 1.76. The summed E-state index contributed by atoms with van der Waals surface area (Å²) in [5.41, 5.74) is 0. The fraction of sp³-hybridized carbons (Fsp3) is 0.571. The van der Waals surface area contributed by atoms with Gasteiger partial charge >= 0.3 is 0 Å². The first-order valence-electron chi connectivity index (χ1n) is 6.77. The molecule has 0 radical (unpaired) electrons. The van der Waals surface area contributed by atoms with Crippen molar-refractivity contribution < 1.29 is 9.59 Å². The fourth-order valence-electron chi connectivity index (χ4n) is 2.26. The van der Waals surface area contributed by atoms with Gasteiger partial charge in [-0.2, -0.15) is 0 Å². The molecule has 2 amide bonds. The zero-order chi connectivity index (χ0) is 13.4. The highest BCUT2D eigenvalue weighted by Gasteiger charge is 2.44. The van der Waals surface area contributed by atoms with Crippen LogP contribution >= 0.6 is 11.3 Å². The van der Waals surface area contributed by atoms with E-state index < -0.39 is 0 Å². The van der Waals surface area contributed by atoms with Gasteiger partial charge in [0.05, 0.1) is 6.54 Å². The van der Waals surface area contributed by atoms with E-state index in [1.165, 1.54) is 9.75 Å². The van der Waals surface area contributed by atoms with Crippen molar-refractivity contribution in [2.75, 3.05) is 6.54 Å². The molecule has 19 heavy (non-hydrogen) atoms. The first-order valence-corrected chi connectivity index (χ1v) is 7.58. The van der Waals surface area contributed by atoms with Crippen LogP contribution < -0.4 is 10.6 Å². The number of thiophene rings is 1. The van der Waals surface area contributed by atoms with Crippen molar-refractivity contribution >= 4 is 23.2 Å². The van der Waals surface area contributed by atoms with Crippen LogP contribution in [0.5, 0.6) is 0 Å². The molecule has 1 aromatic heterocycles. The maximum Gasteiger partial charge on any atom is 0.239 e. The van der Waals surface area contributed by atoms with E-state index in [0.29, 0.717) is 12.0 Å². The molecule has 0 aliphatic heterocycles. The Bertz CT molecular complexity index is 507. The van der Waals surface area contributed by atoms with Gasteiger partial charge in [0.15, 0.2) is 0 Å². The van der Waals surface area contributed by atoms with Crippen molar-refractivity contribution in [3.63, 3.8) is 0 Å². The maximum atomic E-state index is 11.9. The van der Waals surface area contributed by atoms with Crippen LogP contribution in [-0.2, 0) is 9.59 Å². The van der Waals surface area contributed by atoms with E-state index in [0.717, 1.165) is 19.3 Å². The second-order valence-corrected chi connectivity index (χ2v) is 6.78. The van der Waals surface area contributed by atoms with Crippen molar-refractivity contribution in [1.82, 2.24) is 10.6 Å². The maximum absolute atomic E-state index is 11.9. The molecule has 5 heteroatoms. The summed E-state index contributed by atoms with van der Waals surface area (Å²) in [7, 11) is 0. The van der Waals surface area contributed by atoms with Crippen molar-refractivity contribution in [2.24, 2.45) is 5.92 Å². The van der Waals surface area contributed by atoms with Crippen LogP contribution in [-0.4, -0.2) is 24.4 Å². The molecular formula is C14H18N2O2S. The molecule has 0 unspecified atom stereocenters. The molecule has 0 saturated heterocycles. The molecule has 0 aromatic carbocycles. The highest BCUT2D eigenvalue weighted by atomic mass is 32.1. The number of carbonyl (C=O) groups excluding carboxylic acids is 2. The van der Waals surface area contributed by atoms with Gasteiger partial charge in [0.25, 0.3) is 0 Å². The summed E-state index contributed by atoms with van der Waals surface area (Å²) in [4.78, 5) is 26.0. The number of nitrogens with one attached hydrogen (secondary N) is 2. The molecule has 2 saturated carbocycles. The van der Waals surface area contributed by atoms with Crippen LogP contribution in [0, 0.1) is 12.8 Å². The molecule has 2 fully saturated rings. The van der Waals surface area contributed by atoms with Crippen LogP contribution in [0.3, 0.4) is 0 Å². The Kier molecular flexibility index (Phi) is 3.31. The third-order valence-corrected chi connectivity index (χ3v) is 4.75. The Morgan fingerprint density at radius 1 is 1.37 bits per heavy atom. The third-order valence-electron chi connectivity index (χ3n) is 3.62. The zero-order valence-electron chi connectivity index (χ0n) is 10.9. The van der Waals surface area contributed by atoms with Gasteiger partial charge in [0.2, 0.25) is 11.8 Å². The SMILES string of the molecule is Cc1ccc([C@@H]2C[C@H]2C(=O)NCC(=O)NC2CC2)s1. The number of hydrogen-bond donors (Lipinski definition) is 2. The molecule has 102 valence electrons. The molecule has 2 atom stereocenters. The quantitative estimate of drug-likeness (QED) is 0.858. The van der Waals surface area contributed by atoms with E-state index >= 15 is 0 Å². The molecule has 2 aliphatic rings. The molecular weight excluding hydrogens is 260 g/mol. The Morgan fingerprint density at radius 3 is 2.79 bits per heavy atom. The summed E-state index contributed by atoms with van der Waals surface area (Å²) in [5, 5.41) is 5.60. The number of rotatable bonds is 5. The van der Waals surface area contributed by atoms with Crippen molar-refractivity contribution in [3.8, 4) is 0 Å². The highest BCUT2D eigenvalue weighted by Crippen LogP contribution is 2.49. The van der Waals surface area contributed by atoms with Crippen LogP contribution in [0.2, 0.25) is 0 Å². The summed E-state index contributed by atoms with van der Waals surface area (Å²) in [5.74, 6) is 0.374. The van der Waals surface area contributed by atoms with Gasteiger partial charge in [-0.15, -0.1) is 11.3 Å². The van der Waals surface area contributed by atoms with E-state index in [1.807, 2.05) is 0 Å². The van der Waals surface area contributed by atoms with E-state index in [1.54, 1.807) is 11.3 Å². The minimum Gasteiger partial charge on any atom is -0.352 e. The second-order valence-electron chi connectivity index (χ2n) is 5.46. The Hall–Kier alpha value is -1.36. The van der Waals surface area contributed by atoms with Crippen LogP contribution in [0.15, 0.2) is 12.1 Å². The molecule has 2 N–H and O–H groups in total. The van der Waals surface area contributed by atoms with Crippen molar-refractivity contribution in [3.05, 3.63) is 21.9 Å². The Morgan fingerprint density at radius 2 is 2.16 bits per heavy atom. The lowest BCUT2D eigenvalue weighted by Gasteiger charge is -2.05. The summed E-state index contributed by atoms with van der Waals surface area (Å²) < 4.78 is 0. The first kappa shape index (κ1) is 12.7. The molecule has 0 spiro atoms. The zero-order valence-corrected chi connectivity index (χ0v) is 11.8. The standard InChI is InChI=1S/C14H18N2O2S/c1-8-2-5-12(19-8)10-6-11(10)14(18)15-7-13(17)16-9-3-4-9/h2,5,9-11H,3-4,6-7H2,1H3,(H,15,18)(H,16,17)/t10-,11-/m1/s1. The average molecular weight is 278 g/mol. The number of amides is 2. The van der Waals surface area contributed by atoms with Gasteiger partial charge in [0, 0.05) is 27.6 Å². The van der Waals surface area contributed by atoms with Crippen molar-refractivity contribution in [2.45, 2.75) is 38.1 Å². The molecule has 3 rings (SSSR count). The molecule has 1 heterocycles. The number of aryl methyl sites for hydroxylation is 1. The highest BCUT2D eigenvalue weighted by molar-refractivity contribution is 7.12. The smallest absolute Gasteiger partial charge is 0.239 e. The molecule has 0 bridgehead atoms. The summed E-state index contributed by atoms with van der Waals surface area (Å²) in [6.07, 6.45) is 3.06. The average Bonchev–Trinajstić information content (AvgIpc) is 3.28. The third kappa shape index (κ3) is 3.15. The fourth-order valence-corrected chi connectivity index (χ4v) is 3.31. The largest absolute Gasteiger partial charge is 0.352 e. The van der Waals surface area contributed by atoms with E-state index in [9.17, 15) is 9.59 Å². The molecule has 1 aromatic rings. The van der Waals surface area contributed by atoms with Gasteiger partial charge in [-0.25, -0.2) is 0 Å². The number of hydrogen-bond acceptors (Lipinski definition) is 3. The lowest BCUT2D eigenvalue weighted by molar-refractivity contribution is -0.126. The van der Waals surface area contributed by atoms with E-state index in [2.05, 4.69) is 29.7 Å². The predicted molar refractivity (Wildman–Crippen MR) is 74.1 cm³/mol. The van der Waals surface area contributed by atoms with Gasteiger partial charge in [-0.05, 0) is 38.3 Å². The predicted octanol–water partition coefficient (Wildman–Crippen LogP) is 1.55. The summed E-state index contributed by atoms with van der Waals surface area (Å²) in [6, 6.07) is 4.56. The topological polar surface area (TPSA) is 58.2 Å². The Labute approximate surface area is 116 Å². The monoisotopic (exact) mass is 278 g/mol. The minimum absolute atomic E-state index is 0.0157. The lowest BCUT2D eigenvalue weighted by atomic mass is 10.2. The number of carbonyl (C=O) groups is 2. The van der Waals surface area contributed by atoms with E-state index in [-0.39, 0.29) is 24.3 Å². The van der Waals surface area contributed by atoms with Gasteiger partial charge in [-0.3, -0.25) is 9.59 Å². The lowest BCUT2D eigenvalue weighted by Crippen LogP contribution is -2.38. The van der Waals surface area contributed by atoms with Crippen LogP contribution in [0.1, 0.15) is 34.9 Å². The second kappa shape index (κ2) is 4.96. The van der Waals surface area contributed by atoms with Gasteiger partial charge < -0.3 is 10.6 Å².